The maximum absolute atomic E-state index is 12.7. The molecule has 0 bridgehead atoms. The molecule has 0 atom stereocenters. The first kappa shape index (κ1) is 21.0. The Labute approximate surface area is 177 Å². The maximum atomic E-state index is 12.7. The monoisotopic (exact) mass is 431 g/mol. The van der Waals surface area contributed by atoms with E-state index in [2.05, 4.69) is 9.97 Å². The Hall–Kier alpha value is -2.67. The number of ether oxygens (including phenoxy) is 1. The number of carbonyl (C=O) groups excluding carboxylic acids is 1. The van der Waals surface area contributed by atoms with E-state index in [-0.39, 0.29) is 18.0 Å². The zero-order valence-corrected chi connectivity index (χ0v) is 17.2. The van der Waals surface area contributed by atoms with Gasteiger partial charge in [0.1, 0.15) is 5.82 Å². The van der Waals surface area contributed by atoms with Crippen LogP contribution < -0.4 is 5.56 Å². The quantitative estimate of drug-likeness (QED) is 0.575. The van der Waals surface area contributed by atoms with Gasteiger partial charge in [-0.25, -0.2) is 4.98 Å². The summed E-state index contributed by atoms with van der Waals surface area (Å²) < 4.78 is 5.10. The Bertz CT molecular complexity index is 1110. The van der Waals surface area contributed by atoms with E-state index in [1.807, 2.05) is 6.07 Å². The summed E-state index contributed by atoms with van der Waals surface area (Å²) >= 11 is 11.9. The lowest BCUT2D eigenvalue weighted by Gasteiger charge is -2.20. The molecule has 6 nitrogen and oxygen atoms in total. The summed E-state index contributed by atoms with van der Waals surface area (Å²) in [6, 6.07) is 12.2. The summed E-state index contributed by atoms with van der Waals surface area (Å²) in [5.74, 6) is 0.157. The van der Waals surface area contributed by atoms with Gasteiger partial charge in [-0.15, -0.1) is 0 Å². The largest absolute Gasteiger partial charge is 0.383 e. The van der Waals surface area contributed by atoms with Gasteiger partial charge in [-0.2, -0.15) is 0 Å². The van der Waals surface area contributed by atoms with Crippen molar-refractivity contribution in [1.29, 1.82) is 0 Å². The third kappa shape index (κ3) is 5.44. The van der Waals surface area contributed by atoms with E-state index in [0.29, 0.717) is 39.9 Å². The Morgan fingerprint density at radius 3 is 2.76 bits per heavy atom. The van der Waals surface area contributed by atoms with Crippen molar-refractivity contribution in [3.05, 3.63) is 80.3 Å². The van der Waals surface area contributed by atoms with E-state index < -0.39 is 0 Å². The topological polar surface area (TPSA) is 75.3 Å². The van der Waals surface area contributed by atoms with Crippen molar-refractivity contribution < 1.29 is 9.53 Å². The number of nitrogens with one attached hydrogen (secondary N) is 1. The molecule has 0 radical (unpaired) electrons. The standard InChI is InChI=1S/C21H19Cl2N3O3/c1-29-11-10-26(20(27)9-7-14-6-8-16(22)17(23)12-14)13-19-24-18-5-3-2-4-15(18)21(28)25-19/h2-9,12H,10-11,13H2,1H3,(H,24,25,28)/b9-7+. The number of hydrogen-bond donors (Lipinski definition) is 1. The van der Waals surface area contributed by atoms with Crippen LogP contribution in [0.25, 0.3) is 17.0 Å². The summed E-state index contributed by atoms with van der Waals surface area (Å²) in [7, 11) is 1.56. The number of para-hydroxylation sites is 1. The molecule has 3 rings (SSSR count). The van der Waals surface area contributed by atoms with Gasteiger partial charge in [0, 0.05) is 19.7 Å². The van der Waals surface area contributed by atoms with Crippen LogP contribution >= 0.6 is 23.2 Å². The van der Waals surface area contributed by atoms with Crippen molar-refractivity contribution in [2.75, 3.05) is 20.3 Å². The fraction of sp³-hybridized carbons (Fsp3) is 0.190. The lowest BCUT2D eigenvalue weighted by molar-refractivity contribution is -0.127. The zero-order chi connectivity index (χ0) is 20.8. The molecule has 3 aromatic rings. The fourth-order valence-electron chi connectivity index (χ4n) is 2.75. The molecule has 1 aromatic heterocycles. The second-order valence-electron chi connectivity index (χ2n) is 6.29. The van der Waals surface area contributed by atoms with E-state index in [1.165, 1.54) is 6.08 Å². The van der Waals surface area contributed by atoms with Gasteiger partial charge in [0.25, 0.3) is 5.56 Å². The molecule has 1 amide bonds. The molecule has 0 aliphatic rings. The number of aromatic nitrogens is 2. The Morgan fingerprint density at radius 1 is 1.21 bits per heavy atom. The molecule has 0 spiro atoms. The van der Waals surface area contributed by atoms with Gasteiger partial charge < -0.3 is 14.6 Å². The molecule has 8 heteroatoms. The number of nitrogens with zero attached hydrogens (tertiary/aromatic N) is 2. The molecule has 1 heterocycles. The second-order valence-corrected chi connectivity index (χ2v) is 7.10. The number of fused-ring (bicyclic) bond motifs is 1. The van der Waals surface area contributed by atoms with E-state index in [4.69, 9.17) is 27.9 Å². The summed E-state index contributed by atoms with van der Waals surface area (Å²) in [6.45, 7) is 0.843. The average molecular weight is 432 g/mol. The van der Waals surface area contributed by atoms with Crippen LogP contribution in [0.3, 0.4) is 0 Å². The first-order valence-electron chi connectivity index (χ1n) is 8.87. The van der Waals surface area contributed by atoms with Crippen molar-refractivity contribution in [2.45, 2.75) is 6.54 Å². The van der Waals surface area contributed by atoms with Crippen LogP contribution in [0.2, 0.25) is 10.0 Å². The molecule has 1 N–H and O–H groups in total. The second kappa shape index (κ2) is 9.69. The summed E-state index contributed by atoms with van der Waals surface area (Å²) in [5, 5.41) is 1.36. The average Bonchev–Trinajstić information content (AvgIpc) is 2.71. The van der Waals surface area contributed by atoms with Crippen LogP contribution in [0.4, 0.5) is 0 Å². The molecule has 0 aliphatic heterocycles. The first-order valence-corrected chi connectivity index (χ1v) is 9.62. The predicted octanol–water partition coefficient (Wildman–Crippen LogP) is 3.92. The number of methoxy groups -OCH3 is 1. The molecule has 0 unspecified atom stereocenters. The van der Waals surface area contributed by atoms with Gasteiger partial charge in [0.05, 0.1) is 34.1 Å². The highest BCUT2D eigenvalue weighted by Crippen LogP contribution is 2.23. The molecule has 0 saturated heterocycles. The Morgan fingerprint density at radius 2 is 2.00 bits per heavy atom. The number of H-pyrrole nitrogens is 1. The van der Waals surface area contributed by atoms with Gasteiger partial charge in [-0.05, 0) is 35.9 Å². The van der Waals surface area contributed by atoms with Crippen molar-refractivity contribution in [3.8, 4) is 0 Å². The number of benzene rings is 2. The fourth-order valence-corrected chi connectivity index (χ4v) is 3.05. The first-order chi connectivity index (χ1) is 14.0. The normalized spacial score (nSPS) is 11.3. The van der Waals surface area contributed by atoms with Gasteiger partial charge in [-0.3, -0.25) is 9.59 Å². The number of rotatable bonds is 7. The van der Waals surface area contributed by atoms with Crippen LogP contribution in [0.5, 0.6) is 0 Å². The summed E-state index contributed by atoms with van der Waals surface area (Å²) in [4.78, 5) is 33.8. The number of halogens is 2. The lowest BCUT2D eigenvalue weighted by atomic mass is 10.2. The number of hydrogen-bond acceptors (Lipinski definition) is 4. The minimum Gasteiger partial charge on any atom is -0.383 e. The molecule has 29 heavy (non-hydrogen) atoms. The van der Waals surface area contributed by atoms with Gasteiger partial charge in [0.15, 0.2) is 0 Å². The van der Waals surface area contributed by atoms with Gasteiger partial charge in [0.2, 0.25) is 5.91 Å². The zero-order valence-electron chi connectivity index (χ0n) is 15.7. The van der Waals surface area contributed by atoms with Gasteiger partial charge in [-0.1, -0.05) is 41.4 Å². The third-order valence-corrected chi connectivity index (χ3v) is 4.98. The lowest BCUT2D eigenvalue weighted by Crippen LogP contribution is -2.33. The minimum absolute atomic E-state index is 0.147. The van der Waals surface area contributed by atoms with Gasteiger partial charge >= 0.3 is 0 Å². The van der Waals surface area contributed by atoms with E-state index in [9.17, 15) is 9.59 Å². The third-order valence-electron chi connectivity index (χ3n) is 4.24. The smallest absolute Gasteiger partial charge is 0.258 e. The molecular formula is C21H19Cl2N3O3. The van der Waals surface area contributed by atoms with Crippen LogP contribution in [-0.4, -0.2) is 41.0 Å². The van der Waals surface area contributed by atoms with Crippen molar-refractivity contribution in [3.63, 3.8) is 0 Å². The molecular weight excluding hydrogens is 413 g/mol. The van der Waals surface area contributed by atoms with Crippen molar-refractivity contribution >= 4 is 46.1 Å². The summed E-state index contributed by atoms with van der Waals surface area (Å²) in [6.07, 6.45) is 3.09. The van der Waals surface area contributed by atoms with Crippen LogP contribution in [-0.2, 0) is 16.1 Å². The Kier molecular flexibility index (Phi) is 7.04. The van der Waals surface area contributed by atoms with E-state index in [1.54, 1.807) is 54.5 Å². The summed E-state index contributed by atoms with van der Waals surface area (Å²) in [5.41, 5.74) is 1.09. The number of amides is 1. The molecule has 0 fully saturated rings. The molecule has 0 saturated carbocycles. The highest BCUT2D eigenvalue weighted by molar-refractivity contribution is 6.42. The van der Waals surface area contributed by atoms with Crippen LogP contribution in [0, 0.1) is 0 Å². The van der Waals surface area contributed by atoms with Crippen molar-refractivity contribution in [1.82, 2.24) is 14.9 Å². The Balaban J connectivity index is 1.81. The van der Waals surface area contributed by atoms with E-state index >= 15 is 0 Å². The number of aromatic amines is 1. The predicted molar refractivity (Wildman–Crippen MR) is 115 cm³/mol. The number of carbonyl (C=O) groups is 1. The van der Waals surface area contributed by atoms with Crippen LogP contribution in [0.15, 0.2) is 53.3 Å². The highest BCUT2D eigenvalue weighted by atomic mass is 35.5. The molecule has 2 aromatic carbocycles. The maximum Gasteiger partial charge on any atom is 0.258 e. The molecule has 0 aliphatic carbocycles. The van der Waals surface area contributed by atoms with Crippen molar-refractivity contribution in [2.24, 2.45) is 0 Å². The molecule has 150 valence electrons. The van der Waals surface area contributed by atoms with E-state index in [0.717, 1.165) is 5.56 Å². The minimum atomic E-state index is -0.246. The highest BCUT2D eigenvalue weighted by Gasteiger charge is 2.14. The SMILES string of the molecule is COCCN(Cc1nc2ccccc2c(=O)[nH]1)C(=O)/C=C/c1ccc(Cl)c(Cl)c1. The van der Waals surface area contributed by atoms with Crippen LogP contribution in [0.1, 0.15) is 11.4 Å².